The van der Waals surface area contributed by atoms with Gasteiger partial charge in [-0.2, -0.15) is 5.10 Å². The van der Waals surface area contributed by atoms with Crippen LogP contribution in [0.15, 0.2) is 24.9 Å². The van der Waals surface area contributed by atoms with E-state index in [-0.39, 0.29) is 18.4 Å². The third kappa shape index (κ3) is 3.11. The molecule has 22 heavy (non-hydrogen) atoms. The first-order valence-electron chi connectivity index (χ1n) is 6.94. The summed E-state index contributed by atoms with van der Waals surface area (Å²) in [6.07, 6.45) is 8.34. The lowest BCUT2D eigenvalue weighted by atomic mass is 9.87. The highest BCUT2D eigenvalue weighted by atomic mass is 16.4. The van der Waals surface area contributed by atoms with Gasteiger partial charge in [-0.25, -0.2) is 9.97 Å². The number of carbonyl (C=O) groups is 2. The highest BCUT2D eigenvalue weighted by Gasteiger charge is 2.25. The summed E-state index contributed by atoms with van der Waals surface area (Å²) in [5, 5.41) is 15.4. The molecule has 0 bridgehead atoms. The maximum atomic E-state index is 12.3. The lowest BCUT2D eigenvalue weighted by Gasteiger charge is -2.22. The van der Waals surface area contributed by atoms with Gasteiger partial charge in [0, 0.05) is 24.0 Å². The van der Waals surface area contributed by atoms with Gasteiger partial charge in [0.15, 0.2) is 0 Å². The van der Waals surface area contributed by atoms with Gasteiger partial charge < -0.3 is 10.4 Å². The van der Waals surface area contributed by atoms with Crippen LogP contribution in [0.5, 0.6) is 0 Å². The molecule has 0 fully saturated rings. The summed E-state index contributed by atoms with van der Waals surface area (Å²) < 4.78 is 1.27. The molecule has 0 spiro atoms. The number of hydrogen-bond acceptors (Lipinski definition) is 5. The van der Waals surface area contributed by atoms with Crippen LogP contribution in [0.25, 0.3) is 0 Å². The second-order valence-electron chi connectivity index (χ2n) is 5.24. The van der Waals surface area contributed by atoms with Crippen molar-refractivity contribution in [3.8, 4) is 0 Å². The van der Waals surface area contributed by atoms with Crippen LogP contribution in [-0.2, 0) is 29.0 Å². The SMILES string of the molecule is O=C(O)Cn1cc(NC(=O)C2CCc3ncncc3C2)cn1. The van der Waals surface area contributed by atoms with Crippen LogP contribution < -0.4 is 5.32 Å². The lowest BCUT2D eigenvalue weighted by Crippen LogP contribution is -2.28. The van der Waals surface area contributed by atoms with Gasteiger partial charge >= 0.3 is 5.97 Å². The van der Waals surface area contributed by atoms with Crippen LogP contribution in [0.3, 0.4) is 0 Å². The highest BCUT2D eigenvalue weighted by molar-refractivity contribution is 5.92. The van der Waals surface area contributed by atoms with E-state index in [1.54, 1.807) is 6.20 Å². The molecule has 0 radical (unpaired) electrons. The van der Waals surface area contributed by atoms with Crippen molar-refractivity contribution < 1.29 is 14.7 Å². The summed E-state index contributed by atoms with van der Waals surface area (Å²) in [4.78, 5) is 31.1. The molecule has 1 aliphatic carbocycles. The fourth-order valence-electron chi connectivity index (χ4n) is 2.58. The molecule has 0 saturated heterocycles. The Morgan fingerprint density at radius 3 is 3.09 bits per heavy atom. The first-order chi connectivity index (χ1) is 10.6. The van der Waals surface area contributed by atoms with E-state index < -0.39 is 5.97 Å². The molecule has 1 atom stereocenters. The summed E-state index contributed by atoms with van der Waals surface area (Å²) >= 11 is 0. The van der Waals surface area contributed by atoms with Crippen LogP contribution in [0.2, 0.25) is 0 Å². The molecule has 1 unspecified atom stereocenters. The fourth-order valence-corrected chi connectivity index (χ4v) is 2.58. The Morgan fingerprint density at radius 2 is 2.27 bits per heavy atom. The number of carbonyl (C=O) groups excluding carboxylic acids is 1. The summed E-state index contributed by atoms with van der Waals surface area (Å²) in [5.74, 6) is -1.21. The Kier molecular flexibility index (Phi) is 3.82. The van der Waals surface area contributed by atoms with Crippen LogP contribution in [-0.4, -0.2) is 36.7 Å². The van der Waals surface area contributed by atoms with Crippen LogP contribution in [0, 0.1) is 5.92 Å². The maximum absolute atomic E-state index is 12.3. The van der Waals surface area contributed by atoms with Crippen LogP contribution >= 0.6 is 0 Å². The van der Waals surface area contributed by atoms with Crippen molar-refractivity contribution in [1.29, 1.82) is 0 Å². The molecule has 2 aromatic heterocycles. The largest absolute Gasteiger partial charge is 0.480 e. The normalized spacial score (nSPS) is 16.8. The van der Waals surface area contributed by atoms with Crippen molar-refractivity contribution >= 4 is 17.6 Å². The van der Waals surface area contributed by atoms with E-state index >= 15 is 0 Å². The minimum atomic E-state index is -0.982. The number of nitrogens with one attached hydrogen (secondary N) is 1. The minimum Gasteiger partial charge on any atom is -0.480 e. The molecule has 2 heterocycles. The van der Waals surface area contributed by atoms with Crippen molar-refractivity contribution in [2.24, 2.45) is 5.92 Å². The van der Waals surface area contributed by atoms with E-state index in [9.17, 15) is 9.59 Å². The first-order valence-corrected chi connectivity index (χ1v) is 6.94. The van der Waals surface area contributed by atoms with Gasteiger partial charge in [-0.1, -0.05) is 0 Å². The Labute approximate surface area is 126 Å². The molecule has 0 saturated carbocycles. The monoisotopic (exact) mass is 301 g/mol. The Balaban J connectivity index is 1.63. The van der Waals surface area contributed by atoms with E-state index in [4.69, 9.17) is 5.11 Å². The average Bonchev–Trinajstić information content (AvgIpc) is 2.93. The van der Waals surface area contributed by atoms with E-state index in [2.05, 4.69) is 20.4 Å². The molecule has 0 aliphatic heterocycles. The van der Waals surface area contributed by atoms with E-state index in [0.29, 0.717) is 12.1 Å². The van der Waals surface area contributed by atoms with Crippen molar-refractivity contribution in [1.82, 2.24) is 19.7 Å². The molecule has 3 rings (SSSR count). The third-order valence-corrected chi connectivity index (χ3v) is 3.65. The number of nitrogens with zero attached hydrogens (tertiary/aromatic N) is 4. The predicted molar refractivity (Wildman–Crippen MR) is 76.0 cm³/mol. The van der Waals surface area contributed by atoms with Gasteiger partial charge in [-0.05, 0) is 24.8 Å². The molecule has 2 N–H and O–H groups in total. The van der Waals surface area contributed by atoms with Crippen molar-refractivity contribution in [3.05, 3.63) is 36.2 Å². The van der Waals surface area contributed by atoms with E-state index in [0.717, 1.165) is 24.1 Å². The molecular weight excluding hydrogens is 286 g/mol. The van der Waals surface area contributed by atoms with Crippen molar-refractivity contribution in [2.45, 2.75) is 25.8 Å². The molecule has 8 nitrogen and oxygen atoms in total. The number of carboxylic acid groups (broad SMARTS) is 1. The fraction of sp³-hybridized carbons (Fsp3) is 0.357. The number of aryl methyl sites for hydroxylation is 1. The number of fused-ring (bicyclic) bond motifs is 1. The Morgan fingerprint density at radius 1 is 1.41 bits per heavy atom. The standard InChI is InChI=1S/C14H15N5O3/c20-13(21)7-19-6-11(5-17-19)18-14(22)9-1-2-12-10(3-9)4-15-8-16-12/h4-6,8-9H,1-3,7H2,(H,18,22)(H,20,21). The molecule has 8 heteroatoms. The van der Waals surface area contributed by atoms with E-state index in [1.165, 1.54) is 23.4 Å². The van der Waals surface area contributed by atoms with Crippen molar-refractivity contribution in [2.75, 3.05) is 5.32 Å². The Hall–Kier alpha value is -2.77. The number of anilines is 1. The topological polar surface area (TPSA) is 110 Å². The van der Waals surface area contributed by atoms with Crippen LogP contribution in [0.1, 0.15) is 17.7 Å². The number of aliphatic carboxylic acids is 1. The quantitative estimate of drug-likeness (QED) is 0.851. The summed E-state index contributed by atoms with van der Waals surface area (Å²) in [5.41, 5.74) is 2.52. The van der Waals surface area contributed by atoms with E-state index in [1.807, 2.05) is 0 Å². The Bertz CT molecular complexity index is 712. The third-order valence-electron chi connectivity index (χ3n) is 3.65. The summed E-state index contributed by atoms with van der Waals surface area (Å²) in [7, 11) is 0. The second kappa shape index (κ2) is 5.92. The van der Waals surface area contributed by atoms with Crippen molar-refractivity contribution in [3.63, 3.8) is 0 Å². The number of hydrogen-bond donors (Lipinski definition) is 2. The van der Waals surface area contributed by atoms with Gasteiger partial charge in [0.05, 0.1) is 11.9 Å². The molecule has 114 valence electrons. The number of aromatic nitrogens is 4. The second-order valence-corrected chi connectivity index (χ2v) is 5.24. The van der Waals surface area contributed by atoms with Crippen LogP contribution in [0.4, 0.5) is 5.69 Å². The molecule has 1 amide bonds. The highest BCUT2D eigenvalue weighted by Crippen LogP contribution is 2.24. The molecule has 1 aliphatic rings. The maximum Gasteiger partial charge on any atom is 0.325 e. The minimum absolute atomic E-state index is 0.0932. The summed E-state index contributed by atoms with van der Waals surface area (Å²) in [6, 6.07) is 0. The smallest absolute Gasteiger partial charge is 0.325 e. The van der Waals surface area contributed by atoms with Gasteiger partial charge in [-0.15, -0.1) is 0 Å². The van der Waals surface area contributed by atoms with Gasteiger partial charge in [0.1, 0.15) is 12.9 Å². The van der Waals surface area contributed by atoms with Gasteiger partial charge in [0.25, 0.3) is 0 Å². The zero-order chi connectivity index (χ0) is 15.5. The zero-order valence-corrected chi connectivity index (χ0v) is 11.8. The number of carboxylic acids is 1. The van der Waals surface area contributed by atoms with Gasteiger partial charge in [0.2, 0.25) is 5.91 Å². The molecular formula is C14H15N5O3. The molecule has 2 aromatic rings. The first kappa shape index (κ1) is 14.2. The number of amides is 1. The predicted octanol–water partition coefficient (Wildman–Crippen LogP) is 0.501. The lowest BCUT2D eigenvalue weighted by molar-refractivity contribution is -0.137. The summed E-state index contributed by atoms with van der Waals surface area (Å²) in [6.45, 7) is -0.232. The number of rotatable bonds is 4. The zero-order valence-electron chi connectivity index (χ0n) is 11.8. The van der Waals surface area contributed by atoms with Gasteiger partial charge in [-0.3, -0.25) is 14.3 Å². The molecule has 0 aromatic carbocycles. The average molecular weight is 301 g/mol.